The third-order valence-electron chi connectivity index (χ3n) is 6.78. The van der Waals surface area contributed by atoms with Crippen LogP contribution < -0.4 is 15.5 Å². The average molecular weight is 547 g/mol. The molecule has 0 unspecified atom stereocenters. The van der Waals surface area contributed by atoms with E-state index in [1.165, 1.54) is 0 Å². The van der Waals surface area contributed by atoms with Crippen molar-refractivity contribution in [2.45, 2.75) is 0 Å². The molecule has 1 saturated heterocycles. The largest absolute Gasteiger partial charge is 0.368 e. The molecule has 40 heavy (non-hydrogen) atoms. The van der Waals surface area contributed by atoms with Crippen LogP contribution in [0.1, 0.15) is 15.9 Å². The molecule has 200 valence electrons. The number of rotatable bonds is 6. The Labute approximate surface area is 239 Å². The Morgan fingerprint density at radius 3 is 1.95 bits per heavy atom. The lowest BCUT2D eigenvalue weighted by atomic mass is 10.0. The monoisotopic (exact) mass is 546 g/mol. The predicted molar refractivity (Wildman–Crippen MR) is 166 cm³/mol. The zero-order valence-corrected chi connectivity index (χ0v) is 22.8. The first-order chi connectivity index (χ1) is 19.5. The molecule has 0 atom stereocenters. The van der Waals surface area contributed by atoms with Crippen molar-refractivity contribution in [1.29, 1.82) is 0 Å². The van der Waals surface area contributed by atoms with Gasteiger partial charge in [0, 0.05) is 49.2 Å². The van der Waals surface area contributed by atoms with Gasteiger partial charge < -0.3 is 15.1 Å². The van der Waals surface area contributed by atoms with Crippen molar-refractivity contribution >= 4 is 46.6 Å². The molecule has 1 aliphatic heterocycles. The average Bonchev–Trinajstić information content (AvgIpc) is 3.01. The molecule has 1 fully saturated rings. The standard InChI is InChI=1S/C33H30N4O2S/c38-31(20-11-25-7-3-1-4-8-25)37-23-21-36(22-24-37)30-18-16-29(17-19-30)34-33(40)35-32(39)28-14-12-27(13-15-28)26-9-5-2-6-10-26/h1-20H,21-24H2,(H2,34,35,39,40)/b20-11+. The smallest absolute Gasteiger partial charge is 0.257 e. The van der Waals surface area contributed by atoms with E-state index in [0.717, 1.165) is 41.2 Å². The Morgan fingerprint density at radius 1 is 0.700 bits per heavy atom. The summed E-state index contributed by atoms with van der Waals surface area (Å²) in [7, 11) is 0. The molecule has 4 aromatic rings. The van der Waals surface area contributed by atoms with E-state index in [0.29, 0.717) is 18.7 Å². The first-order valence-corrected chi connectivity index (χ1v) is 13.6. The first kappa shape index (κ1) is 26.8. The molecular weight excluding hydrogens is 516 g/mol. The van der Waals surface area contributed by atoms with Crippen molar-refractivity contribution in [3.05, 3.63) is 126 Å². The summed E-state index contributed by atoms with van der Waals surface area (Å²) in [5, 5.41) is 6.06. The minimum absolute atomic E-state index is 0.0331. The lowest BCUT2D eigenvalue weighted by Crippen LogP contribution is -2.48. The van der Waals surface area contributed by atoms with Crippen LogP contribution in [0.25, 0.3) is 17.2 Å². The van der Waals surface area contributed by atoms with E-state index in [9.17, 15) is 9.59 Å². The normalized spacial score (nSPS) is 13.2. The maximum Gasteiger partial charge on any atom is 0.257 e. The second kappa shape index (κ2) is 12.9. The topological polar surface area (TPSA) is 64.7 Å². The van der Waals surface area contributed by atoms with Gasteiger partial charge in [-0.25, -0.2) is 0 Å². The minimum atomic E-state index is -0.264. The van der Waals surface area contributed by atoms with Gasteiger partial charge in [-0.2, -0.15) is 0 Å². The van der Waals surface area contributed by atoms with E-state index in [2.05, 4.69) is 15.5 Å². The summed E-state index contributed by atoms with van der Waals surface area (Å²) in [5.41, 5.74) is 5.55. The quantitative estimate of drug-likeness (QED) is 0.235. The summed E-state index contributed by atoms with van der Waals surface area (Å²) in [4.78, 5) is 29.4. The molecule has 0 aliphatic carbocycles. The fraction of sp³-hybridized carbons (Fsp3) is 0.121. The molecule has 0 spiro atoms. The summed E-state index contributed by atoms with van der Waals surface area (Å²) in [6.45, 7) is 2.85. The Bertz CT molecular complexity index is 1480. The summed E-state index contributed by atoms with van der Waals surface area (Å²) in [6.07, 6.45) is 3.50. The number of piperazine rings is 1. The van der Waals surface area contributed by atoms with Crippen LogP contribution in [0.5, 0.6) is 0 Å². The summed E-state index contributed by atoms with van der Waals surface area (Å²) >= 11 is 5.37. The van der Waals surface area contributed by atoms with Gasteiger partial charge in [0.15, 0.2) is 5.11 Å². The van der Waals surface area contributed by atoms with Gasteiger partial charge in [-0.1, -0.05) is 72.8 Å². The van der Waals surface area contributed by atoms with E-state index in [4.69, 9.17) is 12.2 Å². The summed E-state index contributed by atoms with van der Waals surface area (Å²) < 4.78 is 0. The Hall–Kier alpha value is -4.75. The van der Waals surface area contributed by atoms with Crippen LogP contribution in [-0.2, 0) is 4.79 Å². The van der Waals surface area contributed by atoms with Crippen molar-refractivity contribution in [3.63, 3.8) is 0 Å². The molecule has 7 heteroatoms. The molecule has 0 radical (unpaired) electrons. The number of benzene rings is 4. The van der Waals surface area contributed by atoms with E-state index in [-0.39, 0.29) is 16.9 Å². The molecule has 2 N–H and O–H groups in total. The number of amides is 2. The molecule has 0 aromatic heterocycles. The summed E-state index contributed by atoms with van der Waals surface area (Å²) in [6, 6.07) is 35.2. The van der Waals surface area contributed by atoms with Gasteiger partial charge in [0.05, 0.1) is 0 Å². The van der Waals surface area contributed by atoms with Gasteiger partial charge in [0.2, 0.25) is 5.91 Å². The van der Waals surface area contributed by atoms with Crippen LogP contribution in [0.15, 0.2) is 115 Å². The van der Waals surface area contributed by atoms with Crippen LogP contribution in [-0.4, -0.2) is 48.0 Å². The Morgan fingerprint density at radius 2 is 1.30 bits per heavy atom. The molecule has 0 saturated carbocycles. The van der Waals surface area contributed by atoms with E-state index < -0.39 is 0 Å². The Kier molecular flexibility index (Phi) is 8.63. The molecule has 0 bridgehead atoms. The predicted octanol–water partition coefficient (Wildman–Crippen LogP) is 5.84. The van der Waals surface area contributed by atoms with Gasteiger partial charge in [-0.05, 0) is 71.4 Å². The number of thiocarbonyl (C=S) groups is 1. The van der Waals surface area contributed by atoms with Crippen LogP contribution in [0.4, 0.5) is 11.4 Å². The number of hydrogen-bond acceptors (Lipinski definition) is 4. The number of anilines is 2. The number of nitrogens with one attached hydrogen (secondary N) is 2. The fourth-order valence-electron chi connectivity index (χ4n) is 4.56. The zero-order chi connectivity index (χ0) is 27.7. The van der Waals surface area contributed by atoms with Crippen LogP contribution >= 0.6 is 12.2 Å². The fourth-order valence-corrected chi connectivity index (χ4v) is 4.77. The highest BCUT2D eigenvalue weighted by Gasteiger charge is 2.20. The number of hydrogen-bond donors (Lipinski definition) is 2. The number of carbonyl (C=O) groups excluding carboxylic acids is 2. The highest BCUT2D eigenvalue weighted by molar-refractivity contribution is 7.80. The maximum atomic E-state index is 12.7. The van der Waals surface area contributed by atoms with Crippen molar-refractivity contribution in [2.24, 2.45) is 0 Å². The van der Waals surface area contributed by atoms with Crippen LogP contribution in [0.2, 0.25) is 0 Å². The van der Waals surface area contributed by atoms with Gasteiger partial charge in [-0.15, -0.1) is 0 Å². The molecule has 4 aromatic carbocycles. The van der Waals surface area contributed by atoms with E-state index in [1.54, 1.807) is 18.2 Å². The van der Waals surface area contributed by atoms with Crippen molar-refractivity contribution in [3.8, 4) is 11.1 Å². The third-order valence-corrected chi connectivity index (χ3v) is 6.98. The molecule has 5 rings (SSSR count). The molecular formula is C33H30N4O2S. The highest BCUT2D eigenvalue weighted by atomic mass is 32.1. The lowest BCUT2D eigenvalue weighted by molar-refractivity contribution is -0.126. The molecule has 2 amide bonds. The number of carbonyl (C=O) groups is 2. The Balaban J connectivity index is 1.08. The molecule has 6 nitrogen and oxygen atoms in total. The first-order valence-electron chi connectivity index (χ1n) is 13.2. The molecule has 1 heterocycles. The molecule has 1 aliphatic rings. The maximum absolute atomic E-state index is 12.7. The van der Waals surface area contributed by atoms with Gasteiger partial charge in [0.1, 0.15) is 0 Å². The SMILES string of the molecule is O=C(NC(=S)Nc1ccc(N2CCN(C(=O)/C=C/c3ccccc3)CC2)cc1)c1ccc(-c2ccccc2)cc1. The summed E-state index contributed by atoms with van der Waals surface area (Å²) in [5.74, 6) is -0.231. The second-order valence-electron chi connectivity index (χ2n) is 9.45. The highest BCUT2D eigenvalue weighted by Crippen LogP contribution is 2.21. The van der Waals surface area contributed by atoms with Crippen LogP contribution in [0, 0.1) is 0 Å². The second-order valence-corrected chi connectivity index (χ2v) is 9.86. The lowest BCUT2D eigenvalue weighted by Gasteiger charge is -2.35. The minimum Gasteiger partial charge on any atom is -0.368 e. The van der Waals surface area contributed by atoms with Gasteiger partial charge in [0.25, 0.3) is 5.91 Å². The third kappa shape index (κ3) is 7.01. The van der Waals surface area contributed by atoms with Crippen LogP contribution in [0.3, 0.4) is 0 Å². The number of nitrogens with zero attached hydrogens (tertiary/aromatic N) is 2. The van der Waals surface area contributed by atoms with E-state index >= 15 is 0 Å². The van der Waals surface area contributed by atoms with Crippen molar-refractivity contribution in [1.82, 2.24) is 10.2 Å². The van der Waals surface area contributed by atoms with Crippen molar-refractivity contribution < 1.29 is 9.59 Å². The van der Waals surface area contributed by atoms with Gasteiger partial charge in [-0.3, -0.25) is 14.9 Å². The van der Waals surface area contributed by atoms with Gasteiger partial charge >= 0.3 is 0 Å². The zero-order valence-electron chi connectivity index (χ0n) is 22.0. The van der Waals surface area contributed by atoms with E-state index in [1.807, 2.05) is 108 Å². The van der Waals surface area contributed by atoms with Crippen molar-refractivity contribution in [2.75, 3.05) is 36.4 Å².